The molecule has 92 valence electrons. The van der Waals surface area contributed by atoms with Gasteiger partial charge in [-0.05, 0) is 28.7 Å². The lowest BCUT2D eigenvalue weighted by Gasteiger charge is -2.26. The Morgan fingerprint density at radius 3 is 3.06 bits per heavy atom. The first-order valence-corrected chi connectivity index (χ1v) is 6.33. The first kappa shape index (κ1) is 11.6. The number of ether oxygens (including phenoxy) is 1. The van der Waals surface area contributed by atoms with Crippen molar-refractivity contribution in [2.75, 3.05) is 18.6 Å². The number of nitrogens with zero attached hydrogens (tertiary/aromatic N) is 2. The fraction of sp³-hybridized carbons (Fsp3) is 0.167. The summed E-state index contributed by atoms with van der Waals surface area (Å²) in [6, 6.07) is 3.05. The summed E-state index contributed by atoms with van der Waals surface area (Å²) in [5.74, 6) is 0.149. The molecule has 0 saturated heterocycles. The van der Waals surface area contributed by atoms with E-state index in [1.807, 2.05) is 22.6 Å². The molecule has 1 aromatic carbocycles. The maximum absolute atomic E-state index is 13.5. The molecule has 0 unspecified atom stereocenters. The number of fused-ring (bicyclic) bond motifs is 3. The number of benzene rings is 1. The quantitative estimate of drug-likeness (QED) is 0.679. The molecule has 0 fully saturated rings. The average Bonchev–Trinajstić information content (AvgIpc) is 2.35. The molecule has 3 rings (SSSR count). The van der Waals surface area contributed by atoms with Gasteiger partial charge in [-0.2, -0.15) is 0 Å². The number of anilines is 1. The van der Waals surface area contributed by atoms with Gasteiger partial charge in [0.2, 0.25) is 0 Å². The van der Waals surface area contributed by atoms with Crippen molar-refractivity contribution < 1.29 is 13.9 Å². The SMILES string of the molecule is CN1C(=O)COc2c1cnc1cc(F)c(I)cc21. The Morgan fingerprint density at radius 1 is 1.50 bits per heavy atom. The first-order chi connectivity index (χ1) is 8.58. The molecule has 0 saturated carbocycles. The van der Waals surface area contributed by atoms with Crippen molar-refractivity contribution in [2.24, 2.45) is 0 Å². The van der Waals surface area contributed by atoms with E-state index in [1.165, 1.54) is 17.2 Å². The molecule has 2 heterocycles. The number of carbonyl (C=O) groups excluding carboxylic acids is 1. The molecular weight excluding hydrogens is 350 g/mol. The van der Waals surface area contributed by atoms with Crippen LogP contribution in [0.4, 0.5) is 10.1 Å². The van der Waals surface area contributed by atoms with Gasteiger partial charge in [0, 0.05) is 22.1 Å². The van der Waals surface area contributed by atoms with Gasteiger partial charge in [0.05, 0.1) is 11.7 Å². The number of pyridine rings is 1. The highest BCUT2D eigenvalue weighted by molar-refractivity contribution is 14.1. The van der Waals surface area contributed by atoms with E-state index in [4.69, 9.17) is 4.74 Å². The maximum Gasteiger partial charge on any atom is 0.264 e. The molecule has 0 bridgehead atoms. The van der Waals surface area contributed by atoms with Gasteiger partial charge < -0.3 is 9.64 Å². The predicted molar refractivity (Wildman–Crippen MR) is 73.3 cm³/mol. The van der Waals surface area contributed by atoms with Crippen molar-refractivity contribution in [1.29, 1.82) is 0 Å². The van der Waals surface area contributed by atoms with Crippen molar-refractivity contribution in [3.8, 4) is 5.75 Å². The minimum absolute atomic E-state index is 0.00340. The second-order valence-electron chi connectivity index (χ2n) is 4.00. The summed E-state index contributed by atoms with van der Waals surface area (Å²) in [5.41, 5.74) is 1.13. The number of amides is 1. The van der Waals surface area contributed by atoms with E-state index in [2.05, 4.69) is 4.98 Å². The van der Waals surface area contributed by atoms with Crippen molar-refractivity contribution in [1.82, 2.24) is 4.98 Å². The Balaban J connectivity index is 2.32. The number of carbonyl (C=O) groups is 1. The van der Waals surface area contributed by atoms with Gasteiger partial charge in [-0.15, -0.1) is 0 Å². The number of rotatable bonds is 0. The zero-order valence-electron chi connectivity index (χ0n) is 9.41. The predicted octanol–water partition coefficient (Wildman–Crippen LogP) is 2.33. The Morgan fingerprint density at radius 2 is 2.28 bits per heavy atom. The zero-order valence-corrected chi connectivity index (χ0v) is 11.6. The highest BCUT2D eigenvalue weighted by Crippen LogP contribution is 2.37. The van der Waals surface area contributed by atoms with Crippen molar-refractivity contribution in [3.05, 3.63) is 27.7 Å². The number of aromatic nitrogens is 1. The van der Waals surface area contributed by atoms with Crippen LogP contribution in [0, 0.1) is 9.39 Å². The van der Waals surface area contributed by atoms with Crippen LogP contribution in [0.2, 0.25) is 0 Å². The minimum Gasteiger partial charge on any atom is -0.481 e. The van der Waals surface area contributed by atoms with Crippen LogP contribution in [0.5, 0.6) is 5.75 Å². The lowest BCUT2D eigenvalue weighted by molar-refractivity contribution is -0.120. The molecule has 6 heteroatoms. The van der Waals surface area contributed by atoms with Crippen LogP contribution in [0.1, 0.15) is 0 Å². The smallest absolute Gasteiger partial charge is 0.264 e. The van der Waals surface area contributed by atoms with E-state index >= 15 is 0 Å². The standard InChI is InChI=1S/C12H8FIN2O2/c1-16-10-4-15-9-3-7(13)8(14)2-6(9)12(10)18-5-11(16)17/h2-4H,5H2,1H3. The van der Waals surface area contributed by atoms with Crippen molar-refractivity contribution >= 4 is 45.1 Å². The summed E-state index contributed by atoms with van der Waals surface area (Å²) in [7, 11) is 1.67. The topological polar surface area (TPSA) is 42.4 Å². The van der Waals surface area contributed by atoms with Gasteiger partial charge in [-0.3, -0.25) is 9.78 Å². The molecule has 1 aromatic heterocycles. The van der Waals surface area contributed by atoms with E-state index < -0.39 is 0 Å². The number of hydrogen-bond acceptors (Lipinski definition) is 3. The summed E-state index contributed by atoms with van der Waals surface area (Å²) in [4.78, 5) is 17.2. The molecule has 2 aromatic rings. The van der Waals surface area contributed by atoms with Gasteiger partial charge in [0.25, 0.3) is 5.91 Å². The Kier molecular flexibility index (Phi) is 2.61. The van der Waals surface area contributed by atoms with E-state index in [1.54, 1.807) is 13.1 Å². The number of halogens is 2. The van der Waals surface area contributed by atoms with Crippen LogP contribution >= 0.6 is 22.6 Å². The maximum atomic E-state index is 13.5. The molecular formula is C12H8FIN2O2. The molecule has 1 aliphatic heterocycles. The molecule has 0 atom stereocenters. The zero-order chi connectivity index (χ0) is 12.9. The highest BCUT2D eigenvalue weighted by atomic mass is 127. The summed E-state index contributed by atoms with van der Waals surface area (Å²) in [5, 5.41) is 0.720. The molecule has 0 spiro atoms. The molecule has 18 heavy (non-hydrogen) atoms. The van der Waals surface area contributed by atoms with Crippen LogP contribution in [-0.2, 0) is 4.79 Å². The number of hydrogen-bond donors (Lipinski definition) is 0. The molecule has 0 aliphatic carbocycles. The second-order valence-corrected chi connectivity index (χ2v) is 5.16. The Labute approximate surface area is 116 Å². The fourth-order valence-corrected chi connectivity index (χ4v) is 2.38. The van der Waals surface area contributed by atoms with Gasteiger partial charge in [0.1, 0.15) is 11.5 Å². The summed E-state index contributed by atoms with van der Waals surface area (Å²) >= 11 is 1.92. The van der Waals surface area contributed by atoms with Crippen LogP contribution < -0.4 is 9.64 Å². The normalized spacial score (nSPS) is 14.6. The third-order valence-corrected chi connectivity index (χ3v) is 3.74. The minimum atomic E-state index is -0.309. The molecule has 0 N–H and O–H groups in total. The monoisotopic (exact) mass is 358 g/mol. The van der Waals surface area contributed by atoms with E-state index in [9.17, 15) is 9.18 Å². The Hall–Kier alpha value is -1.44. The third kappa shape index (κ3) is 1.63. The summed E-state index contributed by atoms with van der Waals surface area (Å²) in [6.07, 6.45) is 1.53. The lowest BCUT2D eigenvalue weighted by Crippen LogP contribution is -2.35. The van der Waals surface area contributed by atoms with Gasteiger partial charge in [0.15, 0.2) is 12.4 Å². The van der Waals surface area contributed by atoms with Gasteiger partial charge in [-0.1, -0.05) is 0 Å². The van der Waals surface area contributed by atoms with Crippen LogP contribution in [0.15, 0.2) is 18.3 Å². The second kappa shape index (κ2) is 4.04. The van der Waals surface area contributed by atoms with E-state index in [-0.39, 0.29) is 18.3 Å². The van der Waals surface area contributed by atoms with Crippen molar-refractivity contribution in [3.63, 3.8) is 0 Å². The third-order valence-electron chi connectivity index (χ3n) is 2.92. The molecule has 4 nitrogen and oxygen atoms in total. The van der Waals surface area contributed by atoms with Crippen LogP contribution in [0.25, 0.3) is 10.9 Å². The molecule has 1 amide bonds. The van der Waals surface area contributed by atoms with Crippen LogP contribution in [0.3, 0.4) is 0 Å². The van der Waals surface area contributed by atoms with Gasteiger partial charge >= 0.3 is 0 Å². The van der Waals surface area contributed by atoms with Crippen LogP contribution in [-0.4, -0.2) is 24.5 Å². The fourth-order valence-electron chi connectivity index (χ4n) is 1.91. The molecule has 1 aliphatic rings. The average molecular weight is 358 g/mol. The first-order valence-electron chi connectivity index (χ1n) is 5.25. The summed E-state index contributed by atoms with van der Waals surface area (Å²) in [6.45, 7) is -0.00340. The van der Waals surface area contributed by atoms with E-state index in [0.29, 0.717) is 20.5 Å². The van der Waals surface area contributed by atoms with E-state index in [0.717, 1.165) is 5.39 Å². The largest absolute Gasteiger partial charge is 0.481 e. The Bertz CT molecular complexity index is 675. The summed E-state index contributed by atoms with van der Waals surface area (Å²) < 4.78 is 19.4. The van der Waals surface area contributed by atoms with Gasteiger partial charge in [-0.25, -0.2) is 4.39 Å². The van der Waals surface area contributed by atoms with Crippen molar-refractivity contribution in [2.45, 2.75) is 0 Å². The highest BCUT2D eigenvalue weighted by Gasteiger charge is 2.25. The number of likely N-dealkylation sites (N-methyl/N-ethyl adjacent to an activating group) is 1. The lowest BCUT2D eigenvalue weighted by atomic mass is 10.1. The molecule has 0 radical (unpaired) electrons.